The number of carbonyl (C=O) groups is 1. The third-order valence-corrected chi connectivity index (χ3v) is 2.71. The van der Waals surface area contributed by atoms with E-state index in [1.807, 2.05) is 33.3 Å². The molecular weight excluding hydrogens is 206 g/mol. The number of hydrogen-bond acceptors (Lipinski definition) is 4. The number of hydrogen-bond donors (Lipinski definition) is 1. The van der Waals surface area contributed by atoms with E-state index in [1.54, 1.807) is 4.68 Å². The molecule has 0 spiro atoms. The van der Waals surface area contributed by atoms with Gasteiger partial charge in [0.15, 0.2) is 0 Å². The second-order valence-electron chi connectivity index (χ2n) is 4.00. The summed E-state index contributed by atoms with van der Waals surface area (Å²) < 4.78 is 6.45. The highest BCUT2D eigenvalue weighted by molar-refractivity contribution is 5.72. The van der Waals surface area contributed by atoms with Crippen molar-refractivity contribution in [2.45, 2.75) is 26.4 Å². The Morgan fingerprint density at radius 2 is 2.31 bits per heavy atom. The molecule has 0 saturated heterocycles. The fourth-order valence-corrected chi connectivity index (χ4v) is 1.41. The summed E-state index contributed by atoms with van der Waals surface area (Å²) in [7, 11) is 3.29. The maximum atomic E-state index is 11.3. The Hall–Kier alpha value is -1.36. The molecule has 0 saturated carbocycles. The number of ether oxygens (including phenoxy) is 1. The molecule has 0 bridgehead atoms. The van der Waals surface area contributed by atoms with Crippen molar-refractivity contribution in [1.82, 2.24) is 15.1 Å². The lowest BCUT2D eigenvalue weighted by atomic mass is 10.0. The zero-order valence-corrected chi connectivity index (χ0v) is 10.2. The first kappa shape index (κ1) is 12.7. The normalized spacial score (nSPS) is 14.5. The average Bonchev–Trinajstić information content (AvgIpc) is 2.69. The second kappa shape index (κ2) is 5.65. The monoisotopic (exact) mass is 225 g/mol. The molecule has 16 heavy (non-hydrogen) atoms. The predicted octanol–water partition coefficient (Wildman–Crippen LogP) is 0.707. The van der Waals surface area contributed by atoms with Gasteiger partial charge in [0, 0.05) is 31.4 Å². The summed E-state index contributed by atoms with van der Waals surface area (Å²) in [5.74, 6) is -0.340. The third-order valence-electron chi connectivity index (χ3n) is 2.71. The Kier molecular flexibility index (Phi) is 4.49. The van der Waals surface area contributed by atoms with Gasteiger partial charge in [0.25, 0.3) is 0 Å². The van der Waals surface area contributed by atoms with E-state index >= 15 is 0 Å². The molecule has 5 nitrogen and oxygen atoms in total. The van der Waals surface area contributed by atoms with Gasteiger partial charge < -0.3 is 10.1 Å². The van der Waals surface area contributed by atoms with Crippen LogP contribution in [0.1, 0.15) is 19.4 Å². The third kappa shape index (κ3) is 3.34. The number of methoxy groups -OCH3 is 1. The summed E-state index contributed by atoms with van der Waals surface area (Å²) in [5.41, 5.74) is 1.10. The van der Waals surface area contributed by atoms with Crippen molar-refractivity contribution in [3.8, 4) is 0 Å². The van der Waals surface area contributed by atoms with Gasteiger partial charge in [0.1, 0.15) is 0 Å². The van der Waals surface area contributed by atoms with E-state index in [0.29, 0.717) is 6.54 Å². The topological polar surface area (TPSA) is 56.1 Å². The Morgan fingerprint density at radius 3 is 2.81 bits per heavy atom. The van der Waals surface area contributed by atoms with Gasteiger partial charge in [-0.05, 0) is 6.92 Å². The Bertz CT molecular complexity index is 349. The van der Waals surface area contributed by atoms with Gasteiger partial charge in [0.05, 0.1) is 19.2 Å². The van der Waals surface area contributed by atoms with E-state index in [4.69, 9.17) is 4.74 Å². The molecule has 0 aliphatic rings. The number of rotatable bonds is 5. The van der Waals surface area contributed by atoms with E-state index < -0.39 is 0 Å². The molecular formula is C11H19N3O2. The fourth-order valence-electron chi connectivity index (χ4n) is 1.41. The van der Waals surface area contributed by atoms with Crippen molar-refractivity contribution >= 4 is 5.97 Å². The van der Waals surface area contributed by atoms with Crippen LogP contribution in [0.15, 0.2) is 12.4 Å². The summed E-state index contributed by atoms with van der Waals surface area (Å²) in [4.78, 5) is 11.3. The van der Waals surface area contributed by atoms with Crippen LogP contribution in [0.2, 0.25) is 0 Å². The fraction of sp³-hybridized carbons (Fsp3) is 0.636. The number of aryl methyl sites for hydroxylation is 1. The summed E-state index contributed by atoms with van der Waals surface area (Å²) in [6.07, 6.45) is 3.76. The van der Waals surface area contributed by atoms with Gasteiger partial charge in [-0.1, -0.05) is 6.92 Å². The van der Waals surface area contributed by atoms with Crippen LogP contribution in [0.3, 0.4) is 0 Å². The smallest absolute Gasteiger partial charge is 0.309 e. The number of aromatic nitrogens is 2. The van der Waals surface area contributed by atoms with E-state index in [1.165, 1.54) is 7.11 Å². The van der Waals surface area contributed by atoms with Crippen LogP contribution in [0.25, 0.3) is 0 Å². The predicted molar refractivity (Wildman–Crippen MR) is 60.7 cm³/mol. The molecule has 0 aliphatic carbocycles. The summed E-state index contributed by atoms with van der Waals surface area (Å²) in [6.45, 7) is 4.53. The Balaban J connectivity index is 2.40. The first-order valence-electron chi connectivity index (χ1n) is 5.33. The molecule has 90 valence electrons. The van der Waals surface area contributed by atoms with Gasteiger partial charge in [0.2, 0.25) is 0 Å². The highest BCUT2D eigenvalue weighted by atomic mass is 16.5. The average molecular weight is 225 g/mol. The number of carbonyl (C=O) groups excluding carboxylic acids is 1. The molecule has 2 unspecified atom stereocenters. The molecule has 0 radical (unpaired) electrons. The highest BCUT2D eigenvalue weighted by Gasteiger charge is 2.20. The number of nitrogens with one attached hydrogen (secondary N) is 1. The maximum Gasteiger partial charge on any atom is 0.309 e. The largest absolute Gasteiger partial charge is 0.469 e. The molecule has 0 amide bonds. The van der Waals surface area contributed by atoms with Gasteiger partial charge in [-0.2, -0.15) is 5.10 Å². The molecule has 1 N–H and O–H groups in total. The van der Waals surface area contributed by atoms with Gasteiger partial charge >= 0.3 is 5.97 Å². The van der Waals surface area contributed by atoms with E-state index in [9.17, 15) is 4.79 Å². The highest BCUT2D eigenvalue weighted by Crippen LogP contribution is 2.06. The molecule has 1 aromatic heterocycles. The molecule has 2 atom stereocenters. The molecule has 0 aliphatic heterocycles. The van der Waals surface area contributed by atoms with Crippen molar-refractivity contribution in [2.24, 2.45) is 13.0 Å². The van der Waals surface area contributed by atoms with Crippen LogP contribution in [-0.2, 0) is 23.1 Å². The first-order valence-corrected chi connectivity index (χ1v) is 5.33. The Labute approximate surface area is 95.8 Å². The van der Waals surface area contributed by atoms with Crippen LogP contribution < -0.4 is 5.32 Å². The minimum atomic E-state index is -0.189. The van der Waals surface area contributed by atoms with Gasteiger partial charge in [-0.25, -0.2) is 0 Å². The number of esters is 1. The van der Waals surface area contributed by atoms with Crippen molar-refractivity contribution in [3.63, 3.8) is 0 Å². The second-order valence-corrected chi connectivity index (χ2v) is 4.00. The van der Waals surface area contributed by atoms with E-state index in [0.717, 1.165) is 5.56 Å². The van der Waals surface area contributed by atoms with Crippen LogP contribution >= 0.6 is 0 Å². The van der Waals surface area contributed by atoms with Crippen LogP contribution in [0.4, 0.5) is 0 Å². The lowest BCUT2D eigenvalue weighted by molar-refractivity contribution is -0.145. The summed E-state index contributed by atoms with van der Waals surface area (Å²) in [6, 6.07) is 0.0765. The van der Waals surface area contributed by atoms with Crippen LogP contribution in [0, 0.1) is 5.92 Å². The van der Waals surface area contributed by atoms with Crippen LogP contribution in [-0.4, -0.2) is 28.9 Å². The molecule has 1 rings (SSSR count). The van der Waals surface area contributed by atoms with Crippen molar-refractivity contribution in [1.29, 1.82) is 0 Å². The molecule has 1 heterocycles. The van der Waals surface area contributed by atoms with Gasteiger partial charge in [-0.3, -0.25) is 9.48 Å². The maximum absolute atomic E-state index is 11.3. The van der Waals surface area contributed by atoms with E-state index in [2.05, 4.69) is 10.4 Å². The van der Waals surface area contributed by atoms with Crippen molar-refractivity contribution in [3.05, 3.63) is 18.0 Å². The van der Waals surface area contributed by atoms with E-state index in [-0.39, 0.29) is 17.9 Å². The first-order chi connectivity index (χ1) is 7.54. The van der Waals surface area contributed by atoms with Crippen molar-refractivity contribution < 1.29 is 9.53 Å². The summed E-state index contributed by atoms with van der Waals surface area (Å²) in [5, 5.41) is 7.35. The Morgan fingerprint density at radius 1 is 1.62 bits per heavy atom. The molecule has 0 aromatic carbocycles. The number of nitrogens with zero attached hydrogens (tertiary/aromatic N) is 2. The lowest BCUT2D eigenvalue weighted by Gasteiger charge is -2.18. The zero-order chi connectivity index (χ0) is 12.1. The minimum Gasteiger partial charge on any atom is -0.469 e. The molecule has 0 fully saturated rings. The lowest BCUT2D eigenvalue weighted by Crippen LogP contribution is -2.36. The summed E-state index contributed by atoms with van der Waals surface area (Å²) >= 11 is 0. The standard InChI is InChI=1S/C11H19N3O2/c1-8(11(15)16-4)9(2)12-5-10-6-13-14(3)7-10/h6-9,12H,5H2,1-4H3. The van der Waals surface area contributed by atoms with Crippen molar-refractivity contribution in [2.75, 3.05) is 7.11 Å². The quantitative estimate of drug-likeness (QED) is 0.750. The molecule has 1 aromatic rings. The zero-order valence-electron chi connectivity index (χ0n) is 10.2. The molecule has 5 heteroatoms. The van der Waals surface area contributed by atoms with Gasteiger partial charge in [-0.15, -0.1) is 0 Å². The van der Waals surface area contributed by atoms with Crippen LogP contribution in [0.5, 0.6) is 0 Å². The SMILES string of the molecule is COC(=O)C(C)C(C)NCc1cnn(C)c1. The minimum absolute atomic E-state index is 0.0765.